The van der Waals surface area contributed by atoms with Gasteiger partial charge in [-0.3, -0.25) is 4.98 Å². The number of nitrogens with two attached hydrogens (primary N) is 1. The Morgan fingerprint density at radius 2 is 2.11 bits per heavy atom. The summed E-state index contributed by atoms with van der Waals surface area (Å²) >= 11 is 5.34. The number of hydrogen-bond acceptors (Lipinski definition) is 4. The highest BCUT2D eigenvalue weighted by molar-refractivity contribution is 9.10. The predicted octanol–water partition coefficient (Wildman–Crippen LogP) is 3.85. The number of hydrogen-bond donors (Lipinski definition) is 1. The zero-order valence-corrected chi connectivity index (χ0v) is 12.8. The zero-order chi connectivity index (χ0) is 13.2. The van der Waals surface area contributed by atoms with E-state index in [0.717, 1.165) is 47.1 Å². The Morgan fingerprint density at radius 1 is 1.32 bits per heavy atom. The van der Waals surface area contributed by atoms with Crippen LogP contribution < -0.4 is 5.73 Å². The molecule has 19 heavy (non-hydrogen) atoms. The molecule has 2 N–H and O–H groups in total. The summed E-state index contributed by atoms with van der Waals surface area (Å²) in [6.45, 7) is 1.73. The van der Waals surface area contributed by atoms with Crippen LogP contribution in [0.3, 0.4) is 0 Å². The molecule has 100 valence electrons. The van der Waals surface area contributed by atoms with Gasteiger partial charge in [-0.05, 0) is 47.0 Å². The van der Waals surface area contributed by atoms with Crippen molar-refractivity contribution in [3.05, 3.63) is 28.9 Å². The average molecular weight is 339 g/mol. The van der Waals surface area contributed by atoms with Crippen LogP contribution >= 0.6 is 27.7 Å². The molecule has 0 radical (unpaired) electrons. The Bertz CT molecular complexity index is 599. The first-order valence-electron chi connectivity index (χ1n) is 6.32. The molecule has 3 rings (SSSR count). The minimum atomic E-state index is 0.617. The summed E-state index contributed by atoms with van der Waals surface area (Å²) in [6, 6.07) is 6.09. The van der Waals surface area contributed by atoms with Gasteiger partial charge in [-0.2, -0.15) is 0 Å². The van der Waals surface area contributed by atoms with Crippen LogP contribution in [-0.4, -0.2) is 23.4 Å². The van der Waals surface area contributed by atoms with E-state index in [1.807, 2.05) is 30.1 Å². The van der Waals surface area contributed by atoms with Crippen LogP contribution in [0.5, 0.6) is 0 Å². The topological polar surface area (TPSA) is 48.1 Å². The number of nitrogens with zero attached hydrogens (tertiary/aromatic N) is 1. The molecule has 0 aliphatic carbocycles. The third-order valence-electron chi connectivity index (χ3n) is 3.27. The second kappa shape index (κ2) is 5.69. The summed E-state index contributed by atoms with van der Waals surface area (Å²) in [5.41, 5.74) is 7.81. The molecule has 1 saturated heterocycles. The Labute approximate surface area is 125 Å². The second-order valence-electron chi connectivity index (χ2n) is 4.63. The molecule has 0 unspecified atom stereocenters. The first kappa shape index (κ1) is 13.2. The number of halogens is 1. The van der Waals surface area contributed by atoms with Gasteiger partial charge in [0.1, 0.15) is 0 Å². The lowest BCUT2D eigenvalue weighted by Gasteiger charge is -2.22. The van der Waals surface area contributed by atoms with Gasteiger partial charge in [0.15, 0.2) is 0 Å². The van der Waals surface area contributed by atoms with Gasteiger partial charge < -0.3 is 10.5 Å². The smallest absolute Gasteiger partial charge is 0.0859 e. The van der Waals surface area contributed by atoms with Crippen molar-refractivity contribution >= 4 is 44.3 Å². The monoisotopic (exact) mass is 338 g/mol. The molecule has 3 nitrogen and oxygen atoms in total. The Kier molecular flexibility index (Phi) is 3.96. The first-order chi connectivity index (χ1) is 9.24. The van der Waals surface area contributed by atoms with Crippen LogP contribution in [0.15, 0.2) is 33.8 Å². The van der Waals surface area contributed by atoms with Crippen molar-refractivity contribution in [2.75, 3.05) is 18.9 Å². The van der Waals surface area contributed by atoms with E-state index in [4.69, 9.17) is 10.5 Å². The minimum Gasteiger partial charge on any atom is -0.398 e. The molecular formula is C14H15BrN2OS. The van der Waals surface area contributed by atoms with Crippen LogP contribution in [0.2, 0.25) is 0 Å². The van der Waals surface area contributed by atoms with Crippen LogP contribution in [0.25, 0.3) is 10.9 Å². The van der Waals surface area contributed by atoms with E-state index in [0.29, 0.717) is 5.25 Å². The number of fused-ring (bicyclic) bond motifs is 1. The number of thioether (sulfide) groups is 1. The SMILES string of the molecule is Nc1ccc(SC2CCOCC2)c2ncc(Br)cc12. The predicted molar refractivity (Wildman–Crippen MR) is 83.6 cm³/mol. The number of rotatable bonds is 2. The first-order valence-corrected chi connectivity index (χ1v) is 7.99. The molecule has 1 aliphatic rings. The summed E-state index contributed by atoms with van der Waals surface area (Å²) in [6.07, 6.45) is 4.04. The standard InChI is InChI=1S/C14H15BrN2OS/c15-9-7-11-12(16)1-2-13(14(11)17-8-9)19-10-3-5-18-6-4-10/h1-2,7-8,10H,3-6,16H2. The maximum Gasteiger partial charge on any atom is 0.0859 e. The van der Waals surface area contributed by atoms with E-state index in [9.17, 15) is 0 Å². The Hall–Kier alpha value is -0.780. The maximum atomic E-state index is 6.04. The highest BCUT2D eigenvalue weighted by atomic mass is 79.9. The number of nitrogen functional groups attached to an aromatic ring is 1. The number of benzene rings is 1. The van der Waals surface area contributed by atoms with Crippen molar-refractivity contribution in [3.8, 4) is 0 Å². The van der Waals surface area contributed by atoms with Crippen molar-refractivity contribution in [1.29, 1.82) is 0 Å². The van der Waals surface area contributed by atoms with Crippen LogP contribution in [0.4, 0.5) is 5.69 Å². The molecule has 0 saturated carbocycles. The average Bonchev–Trinajstić information content (AvgIpc) is 2.43. The maximum absolute atomic E-state index is 6.04. The molecule has 1 fully saturated rings. The van der Waals surface area contributed by atoms with E-state index < -0.39 is 0 Å². The summed E-state index contributed by atoms with van der Waals surface area (Å²) in [5.74, 6) is 0. The third kappa shape index (κ3) is 2.88. The summed E-state index contributed by atoms with van der Waals surface area (Å²) in [4.78, 5) is 5.74. The fourth-order valence-corrected chi connectivity index (χ4v) is 3.80. The molecule has 2 aromatic rings. The van der Waals surface area contributed by atoms with Crippen molar-refractivity contribution in [2.24, 2.45) is 0 Å². The van der Waals surface area contributed by atoms with E-state index in [1.165, 1.54) is 4.90 Å². The number of anilines is 1. The number of ether oxygens (including phenoxy) is 1. The molecule has 0 amide bonds. The summed E-state index contributed by atoms with van der Waals surface area (Å²) in [5, 5.41) is 1.64. The van der Waals surface area contributed by atoms with Gasteiger partial charge in [-0.1, -0.05) is 0 Å². The van der Waals surface area contributed by atoms with Gasteiger partial charge >= 0.3 is 0 Å². The highest BCUT2D eigenvalue weighted by Gasteiger charge is 2.17. The van der Waals surface area contributed by atoms with Gasteiger partial charge in [0.25, 0.3) is 0 Å². The Balaban J connectivity index is 1.96. The lowest BCUT2D eigenvalue weighted by atomic mass is 10.2. The van der Waals surface area contributed by atoms with Gasteiger partial charge in [-0.15, -0.1) is 11.8 Å². The van der Waals surface area contributed by atoms with Gasteiger partial charge in [0, 0.05) is 45.1 Å². The lowest BCUT2D eigenvalue weighted by molar-refractivity contribution is 0.100. The zero-order valence-electron chi connectivity index (χ0n) is 10.4. The largest absolute Gasteiger partial charge is 0.398 e. The minimum absolute atomic E-state index is 0.617. The van der Waals surface area contributed by atoms with Crippen LogP contribution in [0.1, 0.15) is 12.8 Å². The van der Waals surface area contributed by atoms with Crippen molar-refractivity contribution in [3.63, 3.8) is 0 Å². The van der Waals surface area contributed by atoms with Crippen molar-refractivity contribution in [2.45, 2.75) is 23.0 Å². The van der Waals surface area contributed by atoms with Crippen LogP contribution in [0, 0.1) is 0 Å². The van der Waals surface area contributed by atoms with Crippen molar-refractivity contribution < 1.29 is 4.74 Å². The quantitative estimate of drug-likeness (QED) is 0.845. The van der Waals surface area contributed by atoms with E-state index in [1.54, 1.807) is 0 Å². The molecular weight excluding hydrogens is 324 g/mol. The van der Waals surface area contributed by atoms with Crippen molar-refractivity contribution in [1.82, 2.24) is 4.98 Å². The molecule has 0 spiro atoms. The molecule has 2 heterocycles. The fraction of sp³-hybridized carbons (Fsp3) is 0.357. The summed E-state index contributed by atoms with van der Waals surface area (Å²) in [7, 11) is 0. The second-order valence-corrected chi connectivity index (χ2v) is 6.89. The summed E-state index contributed by atoms with van der Waals surface area (Å²) < 4.78 is 6.36. The number of aromatic nitrogens is 1. The normalized spacial score (nSPS) is 16.9. The molecule has 1 aliphatic heterocycles. The van der Waals surface area contributed by atoms with E-state index in [2.05, 4.69) is 27.0 Å². The van der Waals surface area contributed by atoms with Crippen LogP contribution in [-0.2, 0) is 4.74 Å². The Morgan fingerprint density at radius 3 is 2.89 bits per heavy atom. The third-order valence-corrected chi connectivity index (χ3v) is 5.10. The number of pyridine rings is 1. The van der Waals surface area contributed by atoms with Gasteiger partial charge in [0.05, 0.1) is 5.52 Å². The van der Waals surface area contributed by atoms with E-state index in [-0.39, 0.29) is 0 Å². The molecule has 0 bridgehead atoms. The lowest BCUT2D eigenvalue weighted by Crippen LogP contribution is -2.17. The highest BCUT2D eigenvalue weighted by Crippen LogP contribution is 2.36. The fourth-order valence-electron chi connectivity index (χ4n) is 2.26. The molecule has 1 aromatic heterocycles. The van der Waals surface area contributed by atoms with Gasteiger partial charge in [-0.25, -0.2) is 0 Å². The van der Waals surface area contributed by atoms with Gasteiger partial charge in [0.2, 0.25) is 0 Å². The molecule has 5 heteroatoms. The molecule has 1 aromatic carbocycles. The molecule has 0 atom stereocenters. The van der Waals surface area contributed by atoms with E-state index >= 15 is 0 Å².